The summed E-state index contributed by atoms with van der Waals surface area (Å²) < 4.78 is 0. The molecule has 104 valence electrons. The largest absolute Gasteiger partial charge is 0.251 e. The standard InChI is InChI=1S/C19H17NS/c1-13-11-15(14-7-3-2-4-8-14)12-17-19(13)21-18-10-6-5-9-16(18)20-17/h2-10,15H,11-12H2,1H3. The van der Waals surface area contributed by atoms with E-state index in [0.29, 0.717) is 5.92 Å². The zero-order valence-electron chi connectivity index (χ0n) is 12.0. The van der Waals surface area contributed by atoms with Gasteiger partial charge in [-0.1, -0.05) is 59.8 Å². The molecule has 1 nitrogen and oxygen atoms in total. The van der Waals surface area contributed by atoms with Crippen LogP contribution in [0.5, 0.6) is 0 Å². The summed E-state index contributed by atoms with van der Waals surface area (Å²) in [7, 11) is 0. The Labute approximate surface area is 129 Å². The molecule has 1 aliphatic carbocycles. The van der Waals surface area contributed by atoms with E-state index >= 15 is 0 Å². The summed E-state index contributed by atoms with van der Waals surface area (Å²) >= 11 is 1.90. The summed E-state index contributed by atoms with van der Waals surface area (Å²) in [6.45, 7) is 2.26. The number of para-hydroxylation sites is 1. The predicted molar refractivity (Wildman–Crippen MR) is 90.5 cm³/mol. The fourth-order valence-electron chi connectivity index (χ4n) is 3.20. The quantitative estimate of drug-likeness (QED) is 0.655. The second kappa shape index (κ2) is 5.19. The van der Waals surface area contributed by atoms with Gasteiger partial charge in [0.15, 0.2) is 0 Å². The van der Waals surface area contributed by atoms with Gasteiger partial charge in [-0.2, -0.15) is 0 Å². The van der Waals surface area contributed by atoms with Gasteiger partial charge in [-0.05, 0) is 43.4 Å². The van der Waals surface area contributed by atoms with Crippen LogP contribution in [0.4, 0.5) is 5.69 Å². The van der Waals surface area contributed by atoms with Gasteiger partial charge in [-0.25, -0.2) is 0 Å². The molecule has 21 heavy (non-hydrogen) atoms. The first-order chi connectivity index (χ1) is 10.3. The van der Waals surface area contributed by atoms with Gasteiger partial charge in [0, 0.05) is 9.80 Å². The molecule has 0 aromatic heterocycles. The van der Waals surface area contributed by atoms with E-state index in [0.717, 1.165) is 18.5 Å². The minimum atomic E-state index is 0.569. The first-order valence-corrected chi connectivity index (χ1v) is 8.22. The smallest absolute Gasteiger partial charge is 0.0772 e. The highest BCUT2D eigenvalue weighted by Gasteiger charge is 2.28. The fourth-order valence-corrected chi connectivity index (χ4v) is 4.29. The molecule has 1 heterocycles. The Morgan fingerprint density at radius 3 is 2.57 bits per heavy atom. The molecule has 1 atom stereocenters. The van der Waals surface area contributed by atoms with Gasteiger partial charge in [-0.15, -0.1) is 0 Å². The molecule has 0 saturated carbocycles. The summed E-state index contributed by atoms with van der Waals surface area (Å²) in [5, 5.41) is 0. The molecule has 2 aromatic rings. The number of fused-ring (bicyclic) bond motifs is 2. The Morgan fingerprint density at radius 2 is 1.71 bits per heavy atom. The van der Waals surface area contributed by atoms with Gasteiger partial charge in [-0.3, -0.25) is 4.99 Å². The lowest BCUT2D eigenvalue weighted by Gasteiger charge is -2.30. The molecule has 4 rings (SSSR count). The second-order valence-corrected chi connectivity index (χ2v) is 6.81. The number of allylic oxidation sites excluding steroid dienone is 2. The van der Waals surface area contributed by atoms with Crippen molar-refractivity contribution in [3.63, 3.8) is 0 Å². The number of hydrogen-bond acceptors (Lipinski definition) is 2. The normalized spacial score (nSPS) is 20.6. The van der Waals surface area contributed by atoms with Crippen molar-refractivity contribution < 1.29 is 0 Å². The molecule has 2 aromatic carbocycles. The Kier molecular flexibility index (Phi) is 3.19. The van der Waals surface area contributed by atoms with E-state index in [2.05, 4.69) is 61.5 Å². The molecule has 0 saturated heterocycles. The Morgan fingerprint density at radius 1 is 0.952 bits per heavy atom. The van der Waals surface area contributed by atoms with E-state index in [-0.39, 0.29) is 0 Å². The molecular formula is C19H17NS. The maximum atomic E-state index is 4.93. The average Bonchev–Trinajstić information content (AvgIpc) is 2.54. The Balaban J connectivity index is 1.74. The molecule has 0 amide bonds. The van der Waals surface area contributed by atoms with Crippen molar-refractivity contribution in [2.75, 3.05) is 0 Å². The second-order valence-electron chi connectivity index (χ2n) is 5.75. The van der Waals surface area contributed by atoms with Crippen molar-refractivity contribution in [3.05, 3.63) is 70.6 Å². The van der Waals surface area contributed by atoms with Crippen LogP contribution in [0.1, 0.15) is 31.2 Å². The summed E-state index contributed by atoms with van der Waals surface area (Å²) in [6.07, 6.45) is 2.20. The minimum Gasteiger partial charge on any atom is -0.251 e. The SMILES string of the molecule is CC1=C2Sc3ccccc3N=C2CC(c2ccccc2)C1. The van der Waals surface area contributed by atoms with Crippen LogP contribution in [0.2, 0.25) is 0 Å². The highest BCUT2D eigenvalue weighted by molar-refractivity contribution is 8.04. The summed E-state index contributed by atoms with van der Waals surface area (Å²) in [5.41, 5.74) is 5.31. The van der Waals surface area contributed by atoms with Crippen molar-refractivity contribution in [2.24, 2.45) is 4.99 Å². The number of benzene rings is 2. The van der Waals surface area contributed by atoms with Gasteiger partial charge in [0.05, 0.1) is 11.4 Å². The Bertz CT molecular complexity index is 743. The average molecular weight is 291 g/mol. The van der Waals surface area contributed by atoms with Crippen LogP contribution >= 0.6 is 11.8 Å². The van der Waals surface area contributed by atoms with Crippen molar-refractivity contribution in [1.29, 1.82) is 0 Å². The first-order valence-electron chi connectivity index (χ1n) is 7.41. The van der Waals surface area contributed by atoms with E-state index in [9.17, 15) is 0 Å². The maximum Gasteiger partial charge on any atom is 0.0772 e. The van der Waals surface area contributed by atoms with Crippen molar-refractivity contribution in [2.45, 2.75) is 30.6 Å². The third kappa shape index (κ3) is 2.34. The van der Waals surface area contributed by atoms with E-state index in [4.69, 9.17) is 4.99 Å². The highest BCUT2D eigenvalue weighted by Crippen LogP contribution is 2.47. The zero-order valence-corrected chi connectivity index (χ0v) is 12.9. The van der Waals surface area contributed by atoms with E-state index in [1.165, 1.54) is 26.6 Å². The predicted octanol–water partition coefficient (Wildman–Crippen LogP) is 5.72. The molecule has 0 spiro atoms. The molecule has 0 N–H and O–H groups in total. The lowest BCUT2D eigenvalue weighted by atomic mass is 9.83. The third-order valence-electron chi connectivity index (χ3n) is 4.25. The van der Waals surface area contributed by atoms with Crippen LogP contribution in [0.25, 0.3) is 0 Å². The number of rotatable bonds is 1. The molecule has 0 fully saturated rings. The summed E-state index contributed by atoms with van der Waals surface area (Å²) in [6, 6.07) is 19.3. The number of thioether (sulfide) groups is 1. The molecule has 0 bridgehead atoms. The molecule has 1 aliphatic heterocycles. The zero-order chi connectivity index (χ0) is 14.2. The number of nitrogens with zero attached hydrogens (tertiary/aromatic N) is 1. The maximum absolute atomic E-state index is 4.93. The van der Waals surface area contributed by atoms with Crippen LogP contribution < -0.4 is 0 Å². The topological polar surface area (TPSA) is 12.4 Å². The minimum absolute atomic E-state index is 0.569. The van der Waals surface area contributed by atoms with E-state index < -0.39 is 0 Å². The lowest BCUT2D eigenvalue weighted by Crippen LogP contribution is -2.17. The monoisotopic (exact) mass is 291 g/mol. The van der Waals surface area contributed by atoms with Crippen LogP contribution in [-0.2, 0) is 0 Å². The lowest BCUT2D eigenvalue weighted by molar-refractivity contribution is 0.693. The molecule has 2 aliphatic rings. The molecule has 1 unspecified atom stereocenters. The molecule has 0 radical (unpaired) electrons. The van der Waals surface area contributed by atoms with Gasteiger partial charge < -0.3 is 0 Å². The van der Waals surface area contributed by atoms with Crippen molar-refractivity contribution in [3.8, 4) is 0 Å². The molecule has 2 heteroatoms. The first kappa shape index (κ1) is 12.9. The van der Waals surface area contributed by atoms with E-state index in [1.54, 1.807) is 0 Å². The number of aliphatic imine (C=N–C) groups is 1. The van der Waals surface area contributed by atoms with Gasteiger partial charge in [0.25, 0.3) is 0 Å². The third-order valence-corrected chi connectivity index (χ3v) is 5.60. The van der Waals surface area contributed by atoms with Crippen LogP contribution in [0.15, 0.2) is 75.0 Å². The van der Waals surface area contributed by atoms with Crippen molar-refractivity contribution >= 4 is 23.2 Å². The van der Waals surface area contributed by atoms with Gasteiger partial charge in [0.1, 0.15) is 0 Å². The number of hydrogen-bond donors (Lipinski definition) is 0. The van der Waals surface area contributed by atoms with E-state index in [1.807, 2.05) is 11.8 Å². The van der Waals surface area contributed by atoms with Gasteiger partial charge in [0.2, 0.25) is 0 Å². The summed E-state index contributed by atoms with van der Waals surface area (Å²) in [5.74, 6) is 0.569. The van der Waals surface area contributed by atoms with Crippen molar-refractivity contribution in [1.82, 2.24) is 0 Å². The van der Waals surface area contributed by atoms with Crippen LogP contribution in [0.3, 0.4) is 0 Å². The molecular weight excluding hydrogens is 274 g/mol. The van der Waals surface area contributed by atoms with Gasteiger partial charge >= 0.3 is 0 Å². The Hall–Kier alpha value is -1.80. The fraction of sp³-hybridized carbons (Fsp3) is 0.211. The summed E-state index contributed by atoms with van der Waals surface area (Å²) in [4.78, 5) is 7.62. The van der Waals surface area contributed by atoms with Crippen LogP contribution in [-0.4, -0.2) is 5.71 Å². The van der Waals surface area contributed by atoms with Crippen LogP contribution in [0, 0.1) is 0 Å². The highest BCUT2D eigenvalue weighted by atomic mass is 32.2.